The largest absolute Gasteiger partial charge is 0.472 e. The summed E-state index contributed by atoms with van der Waals surface area (Å²) < 4.78 is 30.5. The number of esters is 1. The third-order valence-corrected chi connectivity index (χ3v) is 13.1. The fraction of sp³-hybridized carbons (Fsp3) is 0.821. The van der Waals surface area contributed by atoms with Gasteiger partial charge in [0, 0.05) is 12.8 Å². The second-order valence-corrected chi connectivity index (χ2v) is 21.2. The molecule has 3 unspecified atom stereocenters. The number of unbranched alkanes of at least 4 members (excludes halogenated alkanes) is 29. The van der Waals surface area contributed by atoms with Crippen LogP contribution in [-0.2, 0) is 27.9 Å². The first-order valence-electron chi connectivity index (χ1n) is 27.5. The van der Waals surface area contributed by atoms with E-state index >= 15 is 0 Å². The predicted molar refractivity (Wildman–Crippen MR) is 282 cm³/mol. The Morgan fingerprint density at radius 1 is 0.545 bits per heavy atom. The minimum atomic E-state index is -4.44. The number of hydrogen-bond acceptors (Lipinski definition) is 6. The van der Waals surface area contributed by atoms with Crippen molar-refractivity contribution in [2.45, 2.75) is 258 Å². The van der Waals surface area contributed by atoms with E-state index in [1.54, 1.807) is 0 Å². The van der Waals surface area contributed by atoms with Gasteiger partial charge in [-0.2, -0.15) is 0 Å². The van der Waals surface area contributed by atoms with Crippen molar-refractivity contribution < 1.29 is 37.3 Å². The van der Waals surface area contributed by atoms with Gasteiger partial charge >= 0.3 is 13.8 Å². The Morgan fingerprint density at radius 2 is 0.970 bits per heavy atom. The highest BCUT2D eigenvalue weighted by atomic mass is 31.2. The van der Waals surface area contributed by atoms with Crippen LogP contribution in [0.5, 0.6) is 0 Å². The van der Waals surface area contributed by atoms with Crippen molar-refractivity contribution in [1.82, 2.24) is 5.32 Å². The maximum absolute atomic E-state index is 13.5. The summed E-state index contributed by atoms with van der Waals surface area (Å²) in [5, 5.41) is 3.04. The number of likely N-dealkylation sites (N-methyl/N-ethyl adjacent to an activating group) is 1. The molecule has 0 aromatic carbocycles. The van der Waals surface area contributed by atoms with Crippen molar-refractivity contribution in [3.05, 3.63) is 48.6 Å². The summed E-state index contributed by atoms with van der Waals surface area (Å²) in [5.41, 5.74) is 0. The second kappa shape index (κ2) is 46.7. The van der Waals surface area contributed by atoms with Crippen LogP contribution in [0.3, 0.4) is 0 Å². The smallest absolute Gasteiger partial charge is 0.456 e. The predicted octanol–water partition coefficient (Wildman–Crippen LogP) is 16.2. The van der Waals surface area contributed by atoms with Crippen LogP contribution < -0.4 is 5.32 Å². The van der Waals surface area contributed by atoms with Crippen LogP contribution in [0.25, 0.3) is 0 Å². The van der Waals surface area contributed by atoms with Crippen LogP contribution in [0.4, 0.5) is 0 Å². The number of hydrogen-bond donors (Lipinski definition) is 2. The molecule has 386 valence electrons. The van der Waals surface area contributed by atoms with Gasteiger partial charge in [-0.1, -0.05) is 230 Å². The first kappa shape index (κ1) is 64.0. The topological polar surface area (TPSA) is 111 Å². The molecule has 10 heteroatoms. The number of phosphoric acid groups is 1. The molecule has 66 heavy (non-hydrogen) atoms. The molecule has 1 amide bonds. The molecule has 0 bridgehead atoms. The Morgan fingerprint density at radius 3 is 1.44 bits per heavy atom. The van der Waals surface area contributed by atoms with Gasteiger partial charge in [0.15, 0.2) is 0 Å². The summed E-state index contributed by atoms with van der Waals surface area (Å²) in [6.45, 7) is 6.87. The Labute approximate surface area is 408 Å². The van der Waals surface area contributed by atoms with Gasteiger partial charge in [-0.3, -0.25) is 18.6 Å². The van der Waals surface area contributed by atoms with E-state index < -0.39 is 20.0 Å². The highest BCUT2D eigenvalue weighted by molar-refractivity contribution is 7.47. The number of allylic oxidation sites excluding steroid dienone is 7. The lowest BCUT2D eigenvalue weighted by molar-refractivity contribution is -0.870. The lowest BCUT2D eigenvalue weighted by Gasteiger charge is -2.27. The second-order valence-electron chi connectivity index (χ2n) is 19.8. The first-order chi connectivity index (χ1) is 31.9. The highest BCUT2D eigenvalue weighted by Crippen LogP contribution is 2.43. The normalized spacial score (nSPS) is 14.2. The quantitative estimate of drug-likeness (QED) is 0.0156. The van der Waals surface area contributed by atoms with E-state index in [1.807, 2.05) is 33.3 Å². The Kier molecular flexibility index (Phi) is 45.3. The van der Waals surface area contributed by atoms with Crippen molar-refractivity contribution >= 4 is 19.7 Å². The monoisotopic (exact) mass is 950 g/mol. The number of carbonyl (C=O) groups is 2. The molecule has 0 radical (unpaired) electrons. The van der Waals surface area contributed by atoms with Crippen molar-refractivity contribution in [2.75, 3.05) is 40.9 Å². The van der Waals surface area contributed by atoms with E-state index in [9.17, 15) is 19.0 Å². The summed E-state index contributed by atoms with van der Waals surface area (Å²) in [5.74, 6) is -0.515. The number of quaternary nitrogens is 1. The number of carbonyl (C=O) groups excluding carboxylic acids is 2. The molecule has 0 fully saturated rings. The van der Waals surface area contributed by atoms with E-state index in [1.165, 1.54) is 135 Å². The molecule has 2 N–H and O–H groups in total. The minimum Gasteiger partial charge on any atom is -0.456 e. The lowest BCUT2D eigenvalue weighted by atomic mass is 10.0. The number of phosphoric ester groups is 1. The molecule has 0 aliphatic rings. The van der Waals surface area contributed by atoms with Gasteiger partial charge < -0.3 is 19.4 Å². The van der Waals surface area contributed by atoms with Gasteiger partial charge in [0.1, 0.15) is 19.3 Å². The summed E-state index contributed by atoms with van der Waals surface area (Å²) >= 11 is 0. The summed E-state index contributed by atoms with van der Waals surface area (Å²) in [7, 11) is 1.49. The third kappa shape index (κ3) is 47.1. The minimum absolute atomic E-state index is 0.0381. The molecule has 0 aromatic rings. The molecule has 3 atom stereocenters. The van der Waals surface area contributed by atoms with E-state index in [2.05, 4.69) is 62.5 Å². The van der Waals surface area contributed by atoms with Gasteiger partial charge in [0.2, 0.25) is 5.91 Å². The van der Waals surface area contributed by atoms with E-state index in [-0.39, 0.29) is 25.1 Å². The molecule has 0 aliphatic carbocycles. The van der Waals surface area contributed by atoms with Crippen molar-refractivity contribution in [2.24, 2.45) is 0 Å². The van der Waals surface area contributed by atoms with Crippen LogP contribution in [0, 0.1) is 0 Å². The Balaban J connectivity index is 5.37. The zero-order valence-electron chi connectivity index (χ0n) is 43.9. The molecule has 0 aliphatic heterocycles. The number of rotatable bonds is 49. The average Bonchev–Trinajstić information content (AvgIpc) is 3.27. The summed E-state index contributed by atoms with van der Waals surface area (Å²) in [6.07, 6.45) is 55.3. The molecule has 0 saturated carbocycles. The molecule has 0 saturated heterocycles. The maximum Gasteiger partial charge on any atom is 0.472 e. The van der Waals surface area contributed by atoms with Gasteiger partial charge in [-0.15, -0.1) is 0 Å². The number of nitrogens with one attached hydrogen (secondary N) is 1. The molecule has 0 heterocycles. The average molecular weight is 950 g/mol. The van der Waals surface area contributed by atoms with Crippen LogP contribution in [0.1, 0.15) is 245 Å². The maximum atomic E-state index is 13.5. The zero-order chi connectivity index (χ0) is 48.7. The van der Waals surface area contributed by atoms with E-state index in [4.69, 9.17) is 13.8 Å². The Bertz CT molecular complexity index is 1280. The van der Waals surface area contributed by atoms with Gasteiger partial charge in [0.25, 0.3) is 0 Å². The van der Waals surface area contributed by atoms with Crippen LogP contribution in [-0.4, -0.2) is 74.3 Å². The van der Waals surface area contributed by atoms with Crippen LogP contribution >= 0.6 is 7.82 Å². The van der Waals surface area contributed by atoms with Gasteiger partial charge in [-0.25, -0.2) is 4.57 Å². The van der Waals surface area contributed by atoms with Crippen LogP contribution in [0.2, 0.25) is 0 Å². The fourth-order valence-corrected chi connectivity index (χ4v) is 8.56. The van der Waals surface area contributed by atoms with E-state index in [0.717, 1.165) is 77.0 Å². The lowest BCUT2D eigenvalue weighted by Crippen LogP contribution is -2.47. The summed E-state index contributed by atoms with van der Waals surface area (Å²) in [6, 6.07) is -0.850. The fourth-order valence-electron chi connectivity index (χ4n) is 7.82. The molecule has 0 rings (SSSR count). The standard InChI is InChI=1S/C56H105N2O7P/c1-7-10-13-16-19-22-25-27-29-30-33-36-39-42-45-48-55(59)57-53(52-64-66(61,62)63-51-50-58(4,5)6)54(47-44-41-38-35-32-24-21-18-15-12-9-3)65-56(60)49-46-43-40-37-34-31-28-26-23-20-17-14-11-8-2/h10,13,16,19,22,25,44,47,53-54H,7-9,11-12,14-15,17-18,20-21,23-24,26-43,45-46,48-52H2,1-6H3,(H-,57,59,61,62)/p+1/b13-10+,19-16+,25-22+,47-44+. The van der Waals surface area contributed by atoms with Crippen LogP contribution in [0.15, 0.2) is 48.6 Å². The van der Waals surface area contributed by atoms with Crippen molar-refractivity contribution in [3.63, 3.8) is 0 Å². The number of ether oxygens (including phenoxy) is 1. The SMILES string of the molecule is CC/C=C/C=C/C=C/CCCCCCCCCC(=O)NC(COP(=O)(O)OCC[N+](C)(C)C)C(/C=C/CCCCCCCCCCC)OC(=O)CCCCCCCCCCCCCCCC. The van der Waals surface area contributed by atoms with Gasteiger partial charge in [0.05, 0.1) is 33.8 Å². The third-order valence-electron chi connectivity index (χ3n) is 12.1. The highest BCUT2D eigenvalue weighted by Gasteiger charge is 2.30. The first-order valence-corrected chi connectivity index (χ1v) is 29.0. The molecule has 0 spiro atoms. The Hall–Kier alpha value is -2.03. The zero-order valence-corrected chi connectivity index (χ0v) is 44.8. The van der Waals surface area contributed by atoms with Crippen molar-refractivity contribution in [1.29, 1.82) is 0 Å². The van der Waals surface area contributed by atoms with Crippen molar-refractivity contribution in [3.8, 4) is 0 Å². The molecule has 0 aromatic heterocycles. The number of amides is 1. The molecule has 9 nitrogen and oxygen atoms in total. The molecular formula is C56H106N2O7P+. The number of nitrogens with zero attached hydrogens (tertiary/aromatic N) is 1. The van der Waals surface area contributed by atoms with Gasteiger partial charge in [-0.05, 0) is 51.0 Å². The molecular weight excluding hydrogens is 844 g/mol. The van der Waals surface area contributed by atoms with E-state index in [0.29, 0.717) is 23.9 Å². The summed E-state index contributed by atoms with van der Waals surface area (Å²) in [4.78, 5) is 37.5.